The fourth-order valence-electron chi connectivity index (χ4n) is 10.8. The summed E-state index contributed by atoms with van der Waals surface area (Å²) in [7, 11) is 4.42. The molecule has 0 aliphatic heterocycles. The predicted octanol–water partition coefficient (Wildman–Crippen LogP) is 19.3. The molecular weight excluding hydrogens is 1390 g/mol. The van der Waals surface area contributed by atoms with E-state index in [1.54, 1.807) is 74.6 Å². The van der Waals surface area contributed by atoms with Gasteiger partial charge in [0.2, 0.25) is 11.9 Å². The molecule has 20 heteroatoms. The highest BCUT2D eigenvalue weighted by molar-refractivity contribution is 6.33. The molecule has 0 bridgehead atoms. The zero-order chi connectivity index (χ0) is 78.0. The number of aryl methyl sites for hydroxylation is 5. The van der Waals surface area contributed by atoms with Crippen molar-refractivity contribution in [2.24, 2.45) is 32.0 Å². The standard InChI is InChI=1S/C24H21ClN2O.C24H24FN3O.C20H15F2N3O.C20H16FN3O/c1-24(2,3)15-14-17-10-12-18(13-11-17)19-7-4-5-9-21(19)27-23(28)20-8-6-16-26-22(20)25;1-16-21(22(25)28(5)27-16)23(29)26-20-9-7-6-8-19(20)18-12-10-17(11-13-18)14-15-24(2,3)4;1-3-13-8-10-14(11-9-13)15-6-4-5-7-17(15)23-20(26)16-12-25(2)24-18(16)19(21)22;1-4-14-9-11-15(12-10-14)16-7-5-6-8-17(16)22-20(25)18-13(2)23-24(3)19(18)21/h4-13,16H,1-3H3,(H,27,28);6-13H,1-5H3,(H,26,29);1,4-12,19H,2H3,(H,23,26);1,5-12H,2-3H3,(H,22,25). The van der Waals surface area contributed by atoms with Gasteiger partial charge < -0.3 is 21.3 Å². The highest BCUT2D eigenvalue weighted by Gasteiger charge is 2.26. The summed E-state index contributed by atoms with van der Waals surface area (Å²) in [4.78, 5) is 54.3. The number of para-hydroxylation sites is 4. The summed E-state index contributed by atoms with van der Waals surface area (Å²) in [5.74, 6) is 14.6. The highest BCUT2D eigenvalue weighted by atomic mass is 35.5. The molecule has 0 aliphatic rings. The van der Waals surface area contributed by atoms with Crippen molar-refractivity contribution in [2.75, 3.05) is 21.3 Å². The van der Waals surface area contributed by atoms with Crippen LogP contribution < -0.4 is 21.3 Å². The van der Waals surface area contributed by atoms with Crippen molar-refractivity contribution in [3.05, 3.63) is 297 Å². The zero-order valence-corrected chi connectivity index (χ0v) is 61.9. The molecule has 4 heterocycles. The van der Waals surface area contributed by atoms with Crippen LogP contribution in [0, 0.1) is 84.9 Å². The van der Waals surface area contributed by atoms with Crippen molar-refractivity contribution in [1.29, 1.82) is 0 Å². The Morgan fingerprint density at radius 3 is 1.05 bits per heavy atom. The maximum atomic E-state index is 14.2. The largest absolute Gasteiger partial charge is 0.321 e. The van der Waals surface area contributed by atoms with Crippen LogP contribution in [0.2, 0.25) is 5.15 Å². The molecular formula is C88H76ClF4N11O4. The van der Waals surface area contributed by atoms with Crippen LogP contribution in [0.15, 0.2) is 219 Å². The van der Waals surface area contributed by atoms with Gasteiger partial charge in [0.1, 0.15) is 22.0 Å². The highest BCUT2D eigenvalue weighted by Crippen LogP contribution is 2.34. The second-order valence-electron chi connectivity index (χ2n) is 26.6. The number of pyridine rings is 1. The van der Waals surface area contributed by atoms with Crippen molar-refractivity contribution in [3.63, 3.8) is 0 Å². The Morgan fingerprint density at radius 2 is 0.750 bits per heavy atom. The third-order valence-electron chi connectivity index (χ3n) is 16.1. The Hall–Kier alpha value is -13.3. The monoisotopic (exact) mass is 1460 g/mol. The van der Waals surface area contributed by atoms with Crippen LogP contribution >= 0.6 is 11.6 Å². The van der Waals surface area contributed by atoms with Crippen LogP contribution in [0.25, 0.3) is 44.5 Å². The molecule has 0 saturated heterocycles. The van der Waals surface area contributed by atoms with Gasteiger partial charge in [-0.3, -0.25) is 23.9 Å². The number of alkyl halides is 2. The van der Waals surface area contributed by atoms with Crippen LogP contribution in [0.4, 0.5) is 40.3 Å². The molecule has 12 rings (SSSR count). The van der Waals surface area contributed by atoms with E-state index in [1.807, 2.05) is 152 Å². The molecule has 4 aromatic heterocycles. The van der Waals surface area contributed by atoms with Crippen LogP contribution in [-0.4, -0.2) is 58.0 Å². The van der Waals surface area contributed by atoms with Gasteiger partial charge in [-0.2, -0.15) is 24.1 Å². The molecule has 0 spiro atoms. The number of halogens is 5. The number of rotatable bonds is 13. The van der Waals surface area contributed by atoms with Gasteiger partial charge in [-0.05, 0) is 163 Å². The molecule has 0 aliphatic carbocycles. The normalized spacial score (nSPS) is 10.7. The molecule has 0 fully saturated rings. The van der Waals surface area contributed by atoms with E-state index in [0.29, 0.717) is 39.7 Å². The summed E-state index contributed by atoms with van der Waals surface area (Å²) in [5.41, 5.74) is 13.0. The number of benzene rings is 8. The lowest BCUT2D eigenvalue weighted by Crippen LogP contribution is -2.15. The number of hydrogen-bond donors (Lipinski definition) is 4. The smallest absolute Gasteiger partial charge is 0.282 e. The van der Waals surface area contributed by atoms with Crippen molar-refractivity contribution in [1.82, 2.24) is 34.3 Å². The third kappa shape index (κ3) is 20.8. The minimum atomic E-state index is -2.83. The van der Waals surface area contributed by atoms with Crippen LogP contribution in [0.3, 0.4) is 0 Å². The number of aromatic nitrogens is 7. The van der Waals surface area contributed by atoms with Gasteiger partial charge in [0.15, 0.2) is 0 Å². The maximum absolute atomic E-state index is 14.2. The average Bonchev–Trinajstić information content (AvgIpc) is 0.874. The molecule has 0 atom stereocenters. The third-order valence-corrected chi connectivity index (χ3v) is 16.4. The molecule has 0 unspecified atom stereocenters. The molecule has 15 nitrogen and oxygen atoms in total. The molecule has 8 aromatic carbocycles. The average molecular weight is 1460 g/mol. The first-order chi connectivity index (χ1) is 51.5. The number of nitrogens with one attached hydrogen (secondary N) is 4. The van der Waals surface area contributed by atoms with Gasteiger partial charge in [0.05, 0.1) is 22.5 Å². The molecule has 4 N–H and O–H groups in total. The van der Waals surface area contributed by atoms with Crippen LogP contribution in [-0.2, 0) is 21.1 Å². The first kappa shape index (κ1) is 78.8. The van der Waals surface area contributed by atoms with Crippen molar-refractivity contribution >= 4 is 58.0 Å². The van der Waals surface area contributed by atoms with Crippen molar-refractivity contribution < 1.29 is 36.7 Å². The van der Waals surface area contributed by atoms with E-state index in [0.717, 1.165) is 76.1 Å². The molecule has 4 amide bonds. The van der Waals surface area contributed by atoms with E-state index >= 15 is 0 Å². The van der Waals surface area contributed by atoms with Gasteiger partial charge in [0.25, 0.3) is 30.1 Å². The predicted molar refractivity (Wildman–Crippen MR) is 421 cm³/mol. The Balaban J connectivity index is 0.000000166. The first-order valence-electron chi connectivity index (χ1n) is 33.8. The van der Waals surface area contributed by atoms with E-state index in [9.17, 15) is 36.7 Å². The molecule has 542 valence electrons. The van der Waals surface area contributed by atoms with E-state index in [2.05, 4.69) is 119 Å². The van der Waals surface area contributed by atoms with E-state index in [1.165, 1.54) is 32.0 Å². The van der Waals surface area contributed by atoms with E-state index in [4.69, 9.17) is 24.4 Å². The lowest BCUT2D eigenvalue weighted by atomic mass is 9.97. The Morgan fingerprint density at radius 1 is 0.435 bits per heavy atom. The number of nitrogens with zero attached hydrogens (tertiary/aromatic N) is 7. The van der Waals surface area contributed by atoms with Crippen molar-refractivity contribution in [2.45, 2.75) is 61.8 Å². The fourth-order valence-corrected chi connectivity index (χ4v) is 11.0. The molecule has 108 heavy (non-hydrogen) atoms. The number of carbonyl (C=O) groups excluding carboxylic acids is 4. The quantitative estimate of drug-likeness (QED) is 0.0499. The second-order valence-corrected chi connectivity index (χ2v) is 26.9. The van der Waals surface area contributed by atoms with Gasteiger partial charge in [0, 0.05) is 112 Å². The maximum Gasteiger partial charge on any atom is 0.282 e. The first-order valence-corrected chi connectivity index (χ1v) is 34.2. The van der Waals surface area contributed by atoms with Crippen molar-refractivity contribution in [3.8, 4) is 92.9 Å². The minimum absolute atomic E-state index is 0.0386. The lowest BCUT2D eigenvalue weighted by molar-refractivity contribution is 0.100. The van der Waals surface area contributed by atoms with Crippen LogP contribution in [0.1, 0.15) is 129 Å². The number of terminal acetylenes is 2. The van der Waals surface area contributed by atoms with Gasteiger partial charge in [-0.25, -0.2) is 23.1 Å². The number of anilines is 4. The number of amides is 4. The number of carbonyl (C=O) groups is 4. The van der Waals surface area contributed by atoms with Gasteiger partial charge in [-0.1, -0.05) is 168 Å². The fraction of sp³-hybridized carbons (Fsp3) is 0.159. The molecule has 0 saturated carbocycles. The summed E-state index contributed by atoms with van der Waals surface area (Å²) in [6.07, 6.45) is 10.7. The minimum Gasteiger partial charge on any atom is -0.321 e. The Bertz CT molecular complexity index is 5500. The topological polar surface area (TPSA) is 183 Å². The van der Waals surface area contributed by atoms with Gasteiger partial charge in [-0.15, -0.1) is 12.8 Å². The van der Waals surface area contributed by atoms with Crippen LogP contribution in [0.5, 0.6) is 0 Å². The Kier molecular flexibility index (Phi) is 25.9. The summed E-state index contributed by atoms with van der Waals surface area (Å²) in [6.45, 7) is 15.7. The summed E-state index contributed by atoms with van der Waals surface area (Å²) in [5, 5.41) is 23.0. The summed E-state index contributed by atoms with van der Waals surface area (Å²) < 4.78 is 57.8. The lowest BCUT2D eigenvalue weighted by Gasteiger charge is -2.12. The number of hydrogen-bond acceptors (Lipinski definition) is 8. The molecule has 0 radical (unpaired) electrons. The second kappa shape index (κ2) is 35.4. The van der Waals surface area contributed by atoms with E-state index in [-0.39, 0.29) is 38.6 Å². The summed E-state index contributed by atoms with van der Waals surface area (Å²) in [6, 6.07) is 63.4. The zero-order valence-electron chi connectivity index (χ0n) is 61.2. The Labute approximate surface area is 630 Å². The SMILES string of the molecule is C#Cc1ccc(-c2ccccc2NC(=O)c2c(C)nn(C)c2F)cc1.C#Cc1ccc(-c2ccccc2NC(=O)c2cn(C)nc2C(F)F)cc1.CC(C)(C)C#Cc1ccc(-c2ccccc2NC(=O)c2cccnc2Cl)cc1.Cc1nn(C)c(F)c1C(=O)Nc1ccccc1-c1ccc(C#CC(C)(C)C)cc1. The summed E-state index contributed by atoms with van der Waals surface area (Å²) >= 11 is 6.04. The van der Waals surface area contributed by atoms with Gasteiger partial charge >= 0.3 is 0 Å². The van der Waals surface area contributed by atoms with E-state index < -0.39 is 41.7 Å². The molecule has 12 aromatic rings.